The Labute approximate surface area is 201 Å². The molecule has 176 valence electrons. The largest absolute Gasteiger partial charge is 0.477 e. The van der Waals surface area contributed by atoms with Crippen LogP contribution in [0, 0.1) is 5.82 Å². The molecule has 0 amide bonds. The molecule has 0 aliphatic carbocycles. The molecule has 0 atom stereocenters. The lowest BCUT2D eigenvalue weighted by Gasteiger charge is -2.17. The zero-order chi connectivity index (χ0) is 24.0. The van der Waals surface area contributed by atoms with Gasteiger partial charge in [-0.1, -0.05) is 11.3 Å². The summed E-state index contributed by atoms with van der Waals surface area (Å²) in [6.07, 6.45) is 1.75. The van der Waals surface area contributed by atoms with Crippen molar-refractivity contribution in [2.24, 2.45) is 0 Å². The number of ether oxygens (including phenoxy) is 1. The first kappa shape index (κ1) is 22.7. The number of carbonyl (C=O) groups is 1. The third-order valence-electron chi connectivity index (χ3n) is 5.32. The van der Waals surface area contributed by atoms with Gasteiger partial charge in [0.05, 0.1) is 17.5 Å². The Kier molecular flexibility index (Phi) is 5.76. The summed E-state index contributed by atoms with van der Waals surface area (Å²) in [4.78, 5) is 13.3. The molecule has 8 nitrogen and oxygen atoms in total. The molecule has 2 N–H and O–H groups in total. The monoisotopic (exact) mass is 521 g/mol. The molecule has 0 unspecified atom stereocenters. The number of hydrogen-bond acceptors (Lipinski definition) is 7. The molecule has 5 rings (SSSR count). The summed E-state index contributed by atoms with van der Waals surface area (Å²) >= 11 is 2.99. The van der Waals surface area contributed by atoms with Crippen LogP contribution in [-0.4, -0.2) is 36.3 Å². The molecule has 2 aromatic heterocycles. The lowest BCUT2D eigenvalue weighted by atomic mass is 10.2. The van der Waals surface area contributed by atoms with Crippen LogP contribution < -0.4 is 14.2 Å². The van der Waals surface area contributed by atoms with Gasteiger partial charge in [0.25, 0.3) is 15.1 Å². The van der Waals surface area contributed by atoms with Crippen molar-refractivity contribution in [3.05, 3.63) is 58.5 Å². The second-order valence-corrected chi connectivity index (χ2v) is 11.3. The van der Waals surface area contributed by atoms with E-state index in [1.807, 2.05) is 23.6 Å². The van der Waals surface area contributed by atoms with Crippen molar-refractivity contribution in [1.82, 2.24) is 0 Å². The van der Waals surface area contributed by atoms with E-state index in [0.29, 0.717) is 22.3 Å². The van der Waals surface area contributed by atoms with E-state index in [1.54, 1.807) is 26.9 Å². The Morgan fingerprint density at radius 2 is 2.03 bits per heavy atom. The third kappa shape index (κ3) is 4.49. The fourth-order valence-corrected chi connectivity index (χ4v) is 6.37. The minimum atomic E-state index is -4.16. The van der Waals surface area contributed by atoms with E-state index in [0.717, 1.165) is 20.3 Å². The number of thiophene rings is 1. The molecule has 0 fully saturated rings. The highest BCUT2D eigenvalue weighted by molar-refractivity contribution is 7.85. The standard InChI is InChI=1S/C22H17FN2O6S3/c23-14-2-3-17-15(9-14)24(5-1-7-34(28,29)30)20(31-17)11-21-25(12-22(26)27)16-8-13-4-6-32-18(13)10-19(16)33-21/h2-4,6,8-11H,1,5,7,12H2,(H-,26,27,28,29,30)/p+1. The molecule has 1 aliphatic rings. The number of benzene rings is 2. The number of halogens is 1. The first-order valence-electron chi connectivity index (χ1n) is 10.2. The van der Waals surface area contributed by atoms with Gasteiger partial charge in [-0.05, 0) is 41.5 Å². The predicted octanol–water partition coefficient (Wildman–Crippen LogP) is 4.10. The number of rotatable bonds is 7. The van der Waals surface area contributed by atoms with Crippen LogP contribution in [0.3, 0.4) is 0 Å². The van der Waals surface area contributed by atoms with Gasteiger partial charge in [0.15, 0.2) is 5.75 Å². The number of nitrogens with zero attached hydrogens (tertiary/aromatic N) is 2. The molecule has 0 radical (unpaired) electrons. The van der Waals surface area contributed by atoms with Gasteiger partial charge in [0.2, 0.25) is 17.9 Å². The molecule has 4 aromatic rings. The molecule has 0 spiro atoms. The maximum absolute atomic E-state index is 14.0. The second-order valence-electron chi connectivity index (χ2n) is 7.69. The van der Waals surface area contributed by atoms with E-state index in [2.05, 4.69) is 0 Å². The van der Waals surface area contributed by atoms with Crippen LogP contribution in [0.25, 0.3) is 26.4 Å². The zero-order valence-corrected chi connectivity index (χ0v) is 19.9. The van der Waals surface area contributed by atoms with Crippen molar-refractivity contribution < 1.29 is 36.6 Å². The first-order chi connectivity index (χ1) is 16.2. The Balaban J connectivity index is 1.59. The van der Waals surface area contributed by atoms with Crippen LogP contribution in [0.4, 0.5) is 10.1 Å². The van der Waals surface area contributed by atoms with Crippen LogP contribution in [-0.2, 0) is 21.5 Å². The summed E-state index contributed by atoms with van der Waals surface area (Å²) in [5.41, 5.74) is 1.19. The number of aromatic nitrogens is 1. The Bertz CT molecular complexity index is 1570. The molecule has 0 saturated heterocycles. The average molecular weight is 522 g/mol. The lowest BCUT2D eigenvalue weighted by molar-refractivity contribution is -0.657. The van der Waals surface area contributed by atoms with Crippen LogP contribution >= 0.6 is 22.7 Å². The highest BCUT2D eigenvalue weighted by Gasteiger charge is 2.30. The molecule has 0 bridgehead atoms. The molecule has 2 aromatic carbocycles. The second kappa shape index (κ2) is 8.62. The van der Waals surface area contributed by atoms with Crippen LogP contribution in [0.1, 0.15) is 11.4 Å². The van der Waals surface area contributed by atoms with E-state index >= 15 is 0 Å². The third-order valence-corrected chi connectivity index (χ3v) is 8.10. The molecular formula is C22H18FN2O6S3+. The van der Waals surface area contributed by atoms with E-state index in [9.17, 15) is 22.7 Å². The lowest BCUT2D eigenvalue weighted by Crippen LogP contribution is -2.39. The minimum absolute atomic E-state index is 0.0767. The number of hydrogen-bond donors (Lipinski definition) is 2. The van der Waals surface area contributed by atoms with Gasteiger partial charge in [-0.2, -0.15) is 13.0 Å². The first-order valence-corrected chi connectivity index (χ1v) is 13.5. The van der Waals surface area contributed by atoms with Gasteiger partial charge in [0.1, 0.15) is 10.5 Å². The van der Waals surface area contributed by atoms with Gasteiger partial charge in [0, 0.05) is 23.4 Å². The zero-order valence-electron chi connectivity index (χ0n) is 17.5. The molecule has 0 saturated carbocycles. The molecule has 12 heteroatoms. The summed E-state index contributed by atoms with van der Waals surface area (Å²) in [7, 11) is -4.16. The van der Waals surface area contributed by atoms with Gasteiger partial charge < -0.3 is 14.7 Å². The number of thiazole rings is 1. The Morgan fingerprint density at radius 1 is 1.21 bits per heavy atom. The van der Waals surface area contributed by atoms with E-state index < -0.39 is 27.7 Å². The van der Waals surface area contributed by atoms with Crippen molar-refractivity contribution in [3.63, 3.8) is 0 Å². The number of fused-ring (bicyclic) bond motifs is 3. The molecule has 34 heavy (non-hydrogen) atoms. The summed E-state index contributed by atoms with van der Waals surface area (Å²) in [5.74, 6) is -1.24. The molecule has 1 aliphatic heterocycles. The smallest absolute Gasteiger partial charge is 0.370 e. The maximum Gasteiger partial charge on any atom is 0.370 e. The maximum atomic E-state index is 14.0. The summed E-state index contributed by atoms with van der Waals surface area (Å²) < 4.78 is 55.0. The Hall–Kier alpha value is -3.06. The predicted molar refractivity (Wildman–Crippen MR) is 128 cm³/mol. The SMILES string of the molecule is O=C(O)C[n+]1c(C=C2Oc3ccc(F)cc3N2CCCS(=O)(=O)O)sc2cc3sccc3cc21. The normalized spacial score (nSPS) is 14.8. The fraction of sp³-hybridized carbons (Fsp3) is 0.182. The van der Waals surface area contributed by atoms with Crippen molar-refractivity contribution >= 4 is 70.8 Å². The average Bonchev–Trinajstić information content (AvgIpc) is 3.42. The van der Waals surface area contributed by atoms with Gasteiger partial charge in [-0.25, -0.2) is 9.18 Å². The summed E-state index contributed by atoms with van der Waals surface area (Å²) in [5, 5.41) is 13.1. The highest BCUT2D eigenvalue weighted by atomic mass is 32.2. The number of anilines is 1. The fourth-order valence-electron chi connectivity index (χ4n) is 3.89. The van der Waals surface area contributed by atoms with Crippen molar-refractivity contribution in [2.45, 2.75) is 13.0 Å². The van der Waals surface area contributed by atoms with Crippen molar-refractivity contribution in [2.75, 3.05) is 17.2 Å². The Morgan fingerprint density at radius 3 is 2.79 bits per heavy atom. The van der Waals surface area contributed by atoms with Gasteiger partial charge in [-0.15, -0.1) is 11.3 Å². The summed E-state index contributed by atoms with van der Waals surface area (Å²) in [6.45, 7) is -0.124. The number of carboxylic acids is 1. The topological polar surface area (TPSA) is 108 Å². The van der Waals surface area contributed by atoms with Gasteiger partial charge in [-0.3, -0.25) is 4.55 Å². The summed E-state index contributed by atoms with van der Waals surface area (Å²) in [6, 6.07) is 9.97. The van der Waals surface area contributed by atoms with Crippen LogP contribution in [0.5, 0.6) is 5.75 Å². The van der Waals surface area contributed by atoms with E-state index in [-0.39, 0.29) is 19.5 Å². The highest BCUT2D eigenvalue weighted by Crippen LogP contribution is 2.40. The molecular weight excluding hydrogens is 503 g/mol. The molecule has 3 heterocycles. The quantitative estimate of drug-likeness (QED) is 0.278. The van der Waals surface area contributed by atoms with Crippen molar-refractivity contribution in [3.8, 4) is 5.75 Å². The van der Waals surface area contributed by atoms with E-state index in [1.165, 1.54) is 29.5 Å². The minimum Gasteiger partial charge on any atom is -0.477 e. The number of carboxylic acid groups (broad SMARTS) is 1. The van der Waals surface area contributed by atoms with Crippen LogP contribution in [0.15, 0.2) is 47.7 Å². The van der Waals surface area contributed by atoms with Gasteiger partial charge >= 0.3 is 5.97 Å². The van der Waals surface area contributed by atoms with Crippen LogP contribution in [0.2, 0.25) is 0 Å². The van der Waals surface area contributed by atoms with E-state index in [4.69, 9.17) is 9.29 Å². The van der Waals surface area contributed by atoms with Crippen molar-refractivity contribution in [1.29, 1.82) is 0 Å². The number of aliphatic carboxylic acids is 1.